The summed E-state index contributed by atoms with van der Waals surface area (Å²) in [6.07, 6.45) is 3.19. The molecule has 2 aromatic heterocycles. The van der Waals surface area contributed by atoms with Gasteiger partial charge in [0.05, 0.1) is 5.69 Å². The van der Waals surface area contributed by atoms with Gasteiger partial charge in [-0.3, -0.25) is 4.40 Å². The molecule has 0 saturated heterocycles. The number of imidazole rings is 1. The van der Waals surface area contributed by atoms with Gasteiger partial charge in [0.1, 0.15) is 0 Å². The molecule has 5 heteroatoms. The van der Waals surface area contributed by atoms with Crippen LogP contribution in [0.1, 0.15) is 18.2 Å². The summed E-state index contributed by atoms with van der Waals surface area (Å²) in [5.74, 6) is 1.63. The second kappa shape index (κ2) is 4.86. The Labute approximate surface area is 127 Å². The summed E-state index contributed by atoms with van der Waals surface area (Å²) in [7, 11) is 0. The fourth-order valence-corrected chi connectivity index (χ4v) is 3.95. The minimum atomic E-state index is 0.500. The highest BCUT2D eigenvalue weighted by molar-refractivity contribution is 7.15. The topological polar surface area (TPSA) is 46.6 Å². The highest BCUT2D eigenvalue weighted by Crippen LogP contribution is 2.37. The summed E-state index contributed by atoms with van der Waals surface area (Å²) in [6, 6.07) is 8.63. The van der Waals surface area contributed by atoms with Crippen LogP contribution in [0.4, 0.5) is 11.5 Å². The number of aromatic nitrogens is 2. The van der Waals surface area contributed by atoms with Crippen LogP contribution in [0.15, 0.2) is 35.8 Å². The van der Waals surface area contributed by atoms with Crippen molar-refractivity contribution in [2.24, 2.45) is 11.7 Å². The van der Waals surface area contributed by atoms with Gasteiger partial charge in [0.25, 0.3) is 0 Å². The van der Waals surface area contributed by atoms with Gasteiger partial charge in [-0.1, -0.05) is 25.1 Å². The molecule has 1 aromatic carbocycles. The highest BCUT2D eigenvalue weighted by Gasteiger charge is 2.26. The Hall–Kier alpha value is -1.85. The van der Waals surface area contributed by atoms with Gasteiger partial charge in [-0.2, -0.15) is 0 Å². The summed E-state index contributed by atoms with van der Waals surface area (Å²) in [5.41, 5.74) is 9.76. The molecule has 4 nitrogen and oxygen atoms in total. The number of nitrogens with zero attached hydrogens (tertiary/aromatic N) is 3. The molecule has 1 aliphatic rings. The van der Waals surface area contributed by atoms with Gasteiger partial charge >= 0.3 is 0 Å². The third kappa shape index (κ3) is 1.96. The van der Waals surface area contributed by atoms with Gasteiger partial charge in [-0.05, 0) is 24.0 Å². The smallest absolute Gasteiger partial charge is 0.195 e. The molecule has 1 aliphatic heterocycles. The number of anilines is 2. The number of benzene rings is 1. The van der Waals surface area contributed by atoms with Crippen LogP contribution in [0, 0.1) is 5.92 Å². The second-order valence-corrected chi connectivity index (χ2v) is 6.56. The average molecular weight is 298 g/mol. The second-order valence-electron chi connectivity index (χ2n) is 5.69. The summed E-state index contributed by atoms with van der Waals surface area (Å²) < 4.78 is 2.11. The highest BCUT2D eigenvalue weighted by atomic mass is 32.1. The monoisotopic (exact) mass is 298 g/mol. The molecule has 0 spiro atoms. The fourth-order valence-electron chi connectivity index (χ4n) is 3.22. The predicted octanol–water partition coefficient (Wildman–Crippen LogP) is 3.18. The molecule has 0 radical (unpaired) electrons. The van der Waals surface area contributed by atoms with Crippen molar-refractivity contribution in [3.8, 4) is 0 Å². The summed E-state index contributed by atoms with van der Waals surface area (Å²) >= 11 is 1.65. The molecule has 3 heterocycles. The number of rotatable bonds is 2. The van der Waals surface area contributed by atoms with Crippen LogP contribution in [0.3, 0.4) is 0 Å². The standard InChI is InChI=1S/C16H18N4S/c1-11-8-12-4-2-3-5-13(12)20(10-11)15-14(9-17)19-6-7-21-16(19)18-15/h2-7,11H,8-10,17H2,1H3. The zero-order valence-electron chi connectivity index (χ0n) is 12.0. The molecule has 2 N–H and O–H groups in total. The Morgan fingerprint density at radius 3 is 3.10 bits per heavy atom. The Bertz CT molecular complexity index is 789. The van der Waals surface area contributed by atoms with E-state index in [9.17, 15) is 0 Å². The SMILES string of the molecule is CC1Cc2ccccc2N(c2nc3sccn3c2CN)C1. The zero-order valence-corrected chi connectivity index (χ0v) is 12.8. The van der Waals surface area contributed by atoms with Gasteiger partial charge in [-0.15, -0.1) is 11.3 Å². The normalized spacial score (nSPS) is 18.2. The van der Waals surface area contributed by atoms with E-state index < -0.39 is 0 Å². The van der Waals surface area contributed by atoms with E-state index in [1.807, 2.05) is 0 Å². The first-order chi connectivity index (χ1) is 10.3. The van der Waals surface area contributed by atoms with Crippen molar-refractivity contribution in [2.45, 2.75) is 19.9 Å². The van der Waals surface area contributed by atoms with Gasteiger partial charge < -0.3 is 10.6 Å². The molecule has 0 amide bonds. The Morgan fingerprint density at radius 1 is 1.38 bits per heavy atom. The van der Waals surface area contributed by atoms with E-state index >= 15 is 0 Å². The van der Waals surface area contributed by atoms with Crippen molar-refractivity contribution < 1.29 is 0 Å². The molecule has 3 aromatic rings. The Morgan fingerprint density at radius 2 is 2.24 bits per heavy atom. The van der Waals surface area contributed by atoms with Crippen molar-refractivity contribution in [3.05, 3.63) is 47.1 Å². The summed E-state index contributed by atoms with van der Waals surface area (Å²) in [5, 5.41) is 2.05. The van der Waals surface area contributed by atoms with Gasteiger partial charge in [0.15, 0.2) is 10.8 Å². The average Bonchev–Trinajstić information content (AvgIpc) is 3.06. The first kappa shape index (κ1) is 12.9. The van der Waals surface area contributed by atoms with Gasteiger partial charge in [0, 0.05) is 30.4 Å². The third-order valence-corrected chi connectivity index (χ3v) is 4.89. The van der Waals surface area contributed by atoms with Gasteiger partial charge in [-0.25, -0.2) is 4.98 Å². The molecule has 21 heavy (non-hydrogen) atoms. The molecule has 4 rings (SSSR count). The maximum atomic E-state index is 6.00. The lowest BCUT2D eigenvalue weighted by atomic mass is 9.94. The lowest BCUT2D eigenvalue weighted by Crippen LogP contribution is -2.31. The number of hydrogen-bond acceptors (Lipinski definition) is 4. The van der Waals surface area contributed by atoms with Crippen LogP contribution in [0.2, 0.25) is 0 Å². The quantitative estimate of drug-likeness (QED) is 0.790. The molecule has 0 saturated carbocycles. The van der Waals surface area contributed by atoms with E-state index in [-0.39, 0.29) is 0 Å². The number of fused-ring (bicyclic) bond motifs is 2. The molecular weight excluding hydrogens is 280 g/mol. The van der Waals surface area contributed by atoms with Crippen LogP contribution >= 0.6 is 11.3 Å². The lowest BCUT2D eigenvalue weighted by molar-refractivity contribution is 0.559. The summed E-state index contributed by atoms with van der Waals surface area (Å²) in [4.78, 5) is 8.18. The number of thiazole rings is 1. The molecule has 1 unspecified atom stereocenters. The molecule has 0 bridgehead atoms. The van der Waals surface area contributed by atoms with Gasteiger partial charge in [0.2, 0.25) is 0 Å². The zero-order chi connectivity index (χ0) is 14.4. The Balaban J connectivity index is 1.90. The largest absolute Gasteiger partial charge is 0.325 e. The van der Waals surface area contributed by atoms with Crippen LogP contribution < -0.4 is 10.6 Å². The molecule has 1 atom stereocenters. The first-order valence-electron chi connectivity index (χ1n) is 7.28. The van der Waals surface area contributed by atoms with Crippen molar-refractivity contribution in [3.63, 3.8) is 0 Å². The van der Waals surface area contributed by atoms with Crippen LogP contribution in [-0.2, 0) is 13.0 Å². The maximum Gasteiger partial charge on any atom is 0.195 e. The van der Waals surface area contributed by atoms with Crippen LogP contribution in [0.5, 0.6) is 0 Å². The van der Waals surface area contributed by atoms with Crippen molar-refractivity contribution >= 4 is 27.8 Å². The number of nitrogens with two attached hydrogens (primary N) is 1. The van der Waals surface area contributed by atoms with Crippen molar-refractivity contribution in [1.29, 1.82) is 0 Å². The van der Waals surface area contributed by atoms with E-state index in [2.05, 4.69) is 52.1 Å². The molecule has 108 valence electrons. The van der Waals surface area contributed by atoms with E-state index in [1.54, 1.807) is 11.3 Å². The van der Waals surface area contributed by atoms with Crippen molar-refractivity contribution in [1.82, 2.24) is 9.38 Å². The van der Waals surface area contributed by atoms with E-state index in [4.69, 9.17) is 10.7 Å². The number of para-hydroxylation sites is 1. The molecule has 0 fully saturated rings. The van der Waals surface area contributed by atoms with E-state index in [0.29, 0.717) is 12.5 Å². The van der Waals surface area contributed by atoms with E-state index in [0.717, 1.165) is 29.4 Å². The third-order valence-electron chi connectivity index (χ3n) is 4.13. The van der Waals surface area contributed by atoms with Crippen LogP contribution in [-0.4, -0.2) is 15.9 Å². The first-order valence-corrected chi connectivity index (χ1v) is 8.16. The molecule has 0 aliphatic carbocycles. The summed E-state index contributed by atoms with van der Waals surface area (Å²) in [6.45, 7) is 3.79. The van der Waals surface area contributed by atoms with Crippen molar-refractivity contribution in [2.75, 3.05) is 11.4 Å². The molecular formula is C16H18N4S. The minimum absolute atomic E-state index is 0.500. The fraction of sp³-hybridized carbons (Fsp3) is 0.312. The van der Waals surface area contributed by atoms with E-state index in [1.165, 1.54) is 11.3 Å². The number of hydrogen-bond donors (Lipinski definition) is 1. The van der Waals surface area contributed by atoms with Crippen LogP contribution in [0.25, 0.3) is 4.96 Å². The minimum Gasteiger partial charge on any atom is -0.325 e. The maximum absolute atomic E-state index is 6.00. The predicted molar refractivity (Wildman–Crippen MR) is 87.3 cm³/mol. The lowest BCUT2D eigenvalue weighted by Gasteiger charge is -2.33. The Kier molecular flexibility index (Phi) is 2.97.